The van der Waals surface area contributed by atoms with Crippen LogP contribution in [0.25, 0.3) is 21.8 Å². The van der Waals surface area contributed by atoms with E-state index in [0.29, 0.717) is 37.1 Å². The van der Waals surface area contributed by atoms with Gasteiger partial charge < -0.3 is 42.4 Å². The van der Waals surface area contributed by atoms with Crippen LogP contribution in [0.3, 0.4) is 0 Å². The van der Waals surface area contributed by atoms with Gasteiger partial charge in [0, 0.05) is 55.5 Å². The molecule has 0 N–H and O–H groups in total. The average molecular weight is 926 g/mol. The molecule has 66 heavy (non-hydrogen) atoms. The van der Waals surface area contributed by atoms with E-state index < -0.39 is 15.6 Å². The minimum atomic E-state index is -4.92. The second kappa shape index (κ2) is 19.7. The Balaban J connectivity index is 1.16. The summed E-state index contributed by atoms with van der Waals surface area (Å²) in [6.07, 6.45) is 0. The second-order valence-corrected chi connectivity index (χ2v) is 17.4. The number of nitrogens with zero attached hydrogens (tertiary/aromatic N) is 3. The van der Waals surface area contributed by atoms with Gasteiger partial charge in [0.25, 0.3) is 5.91 Å². The van der Waals surface area contributed by atoms with Crippen LogP contribution in [0.2, 0.25) is 0 Å². The summed E-state index contributed by atoms with van der Waals surface area (Å²) < 4.78 is 70.4. The van der Waals surface area contributed by atoms with Gasteiger partial charge in [-0.1, -0.05) is 106 Å². The van der Waals surface area contributed by atoms with Crippen LogP contribution < -0.4 is 37.5 Å². The van der Waals surface area contributed by atoms with Crippen molar-refractivity contribution in [3.8, 4) is 40.2 Å². The highest BCUT2D eigenvalue weighted by Gasteiger charge is 2.39. The van der Waals surface area contributed by atoms with Crippen molar-refractivity contribution in [3.05, 3.63) is 188 Å². The number of carbonyl (C=O) groups is 1. The van der Waals surface area contributed by atoms with Crippen molar-refractivity contribution in [2.75, 3.05) is 38.2 Å². The third kappa shape index (κ3) is 10.4. The van der Waals surface area contributed by atoms with Crippen LogP contribution in [0, 0.1) is 0 Å². The Morgan fingerprint density at radius 1 is 0.500 bits per heavy atom. The van der Waals surface area contributed by atoms with Crippen molar-refractivity contribution in [1.29, 1.82) is 0 Å². The molecule has 7 aromatic carbocycles. The number of methoxy groups -OCH3 is 1. The molecule has 1 aliphatic heterocycles. The first-order valence-electron chi connectivity index (χ1n) is 20.7. The lowest BCUT2D eigenvalue weighted by atomic mass is 10.00. The quantitative estimate of drug-likeness (QED) is 0.0368. The number of hydrogen-bond acceptors (Lipinski definition) is 14. The Morgan fingerprint density at radius 3 is 1.59 bits per heavy atom. The largest absolute Gasteiger partial charge is 0.647 e. The maximum absolute atomic E-state index is 15.2. The third-order valence-corrected chi connectivity index (χ3v) is 12.4. The number of benzene rings is 7. The molecule has 0 aliphatic carbocycles. The van der Waals surface area contributed by atoms with Gasteiger partial charge in [-0.25, -0.2) is 9.55 Å². The fourth-order valence-electron chi connectivity index (χ4n) is 7.14. The lowest BCUT2D eigenvalue weighted by molar-refractivity contribution is -0.185. The number of piperazine rings is 1. The standard InChI is InChI=1S/C49H41N3O12P2/c1-56-41-26-16-17-36(33-41)51-29-31-52(32-30-51)49(53)47-43-27-14-15-28-44(43)50-45-34-42(61-66(55,63-57-37-18-6-2-7-19-37)64-58-38-20-8-3-9-21-38)35-46(48(45)47)62-65(54,59-39-22-10-4-11-23-39)60-40-24-12-5-13-25-40/h2-28,33-35H,29-32H2,1H3. The molecule has 1 aliphatic rings. The molecule has 2 heterocycles. The number of anilines is 1. The van der Waals surface area contributed by atoms with Crippen LogP contribution in [0.15, 0.2) is 182 Å². The Hall–Kier alpha value is -7.54. The zero-order valence-corrected chi connectivity index (χ0v) is 37.1. The number of phosphoric ester groups is 1. The normalized spacial score (nSPS) is 12.9. The van der Waals surface area contributed by atoms with Crippen molar-refractivity contribution in [3.63, 3.8) is 0 Å². The van der Waals surface area contributed by atoms with Crippen LogP contribution in [0.4, 0.5) is 5.69 Å². The summed E-state index contributed by atoms with van der Waals surface area (Å²) in [7, 11) is -8.06. The number of pyridine rings is 1. The highest BCUT2D eigenvalue weighted by Crippen LogP contribution is 2.55. The van der Waals surface area contributed by atoms with Crippen molar-refractivity contribution >= 4 is 49.0 Å². The van der Waals surface area contributed by atoms with E-state index in [2.05, 4.69) is 4.90 Å². The highest BCUT2D eigenvalue weighted by molar-refractivity contribution is 7.49. The number of phosphoric acid groups is 2. The molecule has 9 rings (SSSR count). The van der Waals surface area contributed by atoms with Crippen molar-refractivity contribution in [2.24, 2.45) is 0 Å². The lowest BCUT2D eigenvalue weighted by Crippen LogP contribution is -2.48. The van der Waals surface area contributed by atoms with Gasteiger partial charge in [0.1, 0.15) is 28.7 Å². The summed E-state index contributed by atoms with van der Waals surface area (Å²) in [5, 5.41) is 0.615. The van der Waals surface area contributed by atoms with E-state index in [1.807, 2.05) is 24.3 Å². The van der Waals surface area contributed by atoms with E-state index >= 15 is 9.36 Å². The molecule has 0 unspecified atom stereocenters. The molecular formula is C49H41N3O12P2. The van der Waals surface area contributed by atoms with Crippen LogP contribution in [0.1, 0.15) is 10.4 Å². The fraction of sp³-hybridized carbons (Fsp3) is 0.102. The topological polar surface area (TPSA) is 154 Å². The minimum Gasteiger partial charge on any atom is -0.497 e. The smallest absolute Gasteiger partial charge is 0.497 e. The van der Waals surface area contributed by atoms with Gasteiger partial charge >= 0.3 is 15.6 Å². The van der Waals surface area contributed by atoms with E-state index in [-0.39, 0.29) is 56.9 Å². The SMILES string of the molecule is COc1cccc(N2CCN(C(=O)c3c4ccccc4nc4cc(OP(=O)(OOc5ccccc5)OOc5ccccc5)cc(OP(=O)(Oc5ccccc5)Oc5ccccc5)c34)CC2)c1. The first-order valence-corrected chi connectivity index (χ1v) is 23.6. The summed E-state index contributed by atoms with van der Waals surface area (Å²) in [6.45, 7) is 1.77. The summed E-state index contributed by atoms with van der Waals surface area (Å²) >= 11 is 0. The number of fused-ring (bicyclic) bond motifs is 2. The number of amides is 1. The number of para-hydroxylation sites is 5. The average Bonchev–Trinajstić information content (AvgIpc) is 3.35. The molecule has 1 amide bonds. The van der Waals surface area contributed by atoms with E-state index in [1.54, 1.807) is 158 Å². The molecule has 0 spiro atoms. The van der Waals surface area contributed by atoms with Crippen LogP contribution >= 0.6 is 15.6 Å². The third-order valence-electron chi connectivity index (χ3n) is 10.2. The summed E-state index contributed by atoms with van der Waals surface area (Å²) in [6, 6.07) is 50.7. The zero-order valence-electron chi connectivity index (χ0n) is 35.3. The molecular weight excluding hydrogens is 884 g/mol. The number of aromatic nitrogens is 1. The molecule has 1 saturated heterocycles. The molecule has 0 radical (unpaired) electrons. The Bertz CT molecular complexity index is 2940. The Labute approximate surface area is 379 Å². The van der Waals surface area contributed by atoms with E-state index in [0.717, 1.165) is 11.4 Å². The molecule has 15 nitrogen and oxygen atoms in total. The van der Waals surface area contributed by atoms with E-state index in [9.17, 15) is 4.57 Å². The van der Waals surface area contributed by atoms with Crippen molar-refractivity contribution in [2.45, 2.75) is 0 Å². The van der Waals surface area contributed by atoms with Gasteiger partial charge in [-0.05, 0) is 66.7 Å². The van der Waals surface area contributed by atoms with Gasteiger partial charge in [-0.3, -0.25) is 4.79 Å². The van der Waals surface area contributed by atoms with Gasteiger partial charge in [0.05, 0.1) is 29.1 Å². The lowest BCUT2D eigenvalue weighted by Gasteiger charge is -2.36. The monoisotopic (exact) mass is 925 g/mol. The highest BCUT2D eigenvalue weighted by atomic mass is 31.2. The Morgan fingerprint density at radius 2 is 1.02 bits per heavy atom. The number of hydrogen-bond donors (Lipinski definition) is 0. The first-order chi connectivity index (χ1) is 32.2. The molecule has 1 fully saturated rings. The van der Waals surface area contributed by atoms with Crippen molar-refractivity contribution < 1.29 is 55.9 Å². The summed E-state index contributed by atoms with van der Waals surface area (Å²) in [5.74, 6) is 0.546. The van der Waals surface area contributed by atoms with Gasteiger partial charge in [-0.2, -0.15) is 4.57 Å². The van der Waals surface area contributed by atoms with Gasteiger partial charge in [-0.15, -0.1) is 0 Å². The predicted molar refractivity (Wildman–Crippen MR) is 247 cm³/mol. The molecule has 1 aromatic heterocycles. The molecule has 0 saturated carbocycles. The maximum Gasteiger partial charge on any atom is 0.647 e. The molecule has 0 bridgehead atoms. The number of carbonyl (C=O) groups excluding carboxylic acids is 1. The molecule has 0 atom stereocenters. The fourth-order valence-corrected chi connectivity index (χ4v) is 9.20. The number of ether oxygens (including phenoxy) is 1. The summed E-state index contributed by atoms with van der Waals surface area (Å²) in [4.78, 5) is 34.8. The predicted octanol–water partition coefficient (Wildman–Crippen LogP) is 11.5. The van der Waals surface area contributed by atoms with Gasteiger partial charge in [0.15, 0.2) is 11.5 Å². The van der Waals surface area contributed by atoms with Gasteiger partial charge in [0.2, 0.25) is 0 Å². The maximum atomic E-state index is 15.2. The van der Waals surface area contributed by atoms with E-state index in [4.69, 9.17) is 46.9 Å². The number of rotatable bonds is 17. The molecule has 8 aromatic rings. The van der Waals surface area contributed by atoms with Crippen LogP contribution in [-0.2, 0) is 18.5 Å². The molecule has 17 heteroatoms. The first kappa shape index (κ1) is 43.7. The second-order valence-electron chi connectivity index (χ2n) is 14.6. The Kier molecular flexibility index (Phi) is 13.0. The van der Waals surface area contributed by atoms with Crippen LogP contribution in [0.5, 0.6) is 40.2 Å². The molecule has 334 valence electrons. The summed E-state index contributed by atoms with van der Waals surface area (Å²) in [5.41, 5.74) is 1.70. The zero-order chi connectivity index (χ0) is 45.4. The van der Waals surface area contributed by atoms with E-state index in [1.165, 1.54) is 12.1 Å². The van der Waals surface area contributed by atoms with Crippen molar-refractivity contribution in [1.82, 2.24) is 9.88 Å². The van der Waals surface area contributed by atoms with Crippen LogP contribution in [-0.4, -0.2) is 49.1 Å². The minimum absolute atomic E-state index is 0.116.